The Morgan fingerprint density at radius 2 is 1.68 bits per heavy atom. The van der Waals surface area contributed by atoms with Crippen LogP contribution in [-0.4, -0.2) is 52.2 Å². The first-order valence-corrected chi connectivity index (χ1v) is 9.70. The van der Waals surface area contributed by atoms with Crippen LogP contribution in [0.1, 0.15) is 5.69 Å². The van der Waals surface area contributed by atoms with Crippen molar-refractivity contribution < 1.29 is 0 Å². The molecule has 0 bridgehead atoms. The van der Waals surface area contributed by atoms with Crippen molar-refractivity contribution in [2.24, 2.45) is 18.9 Å². The lowest BCUT2D eigenvalue weighted by Crippen LogP contribution is -2.31. The molecule has 4 heterocycles. The van der Waals surface area contributed by atoms with E-state index in [4.69, 9.17) is 0 Å². The van der Waals surface area contributed by atoms with E-state index in [2.05, 4.69) is 30.9 Å². The van der Waals surface area contributed by atoms with Crippen molar-refractivity contribution in [1.82, 2.24) is 19.7 Å². The fourth-order valence-electron chi connectivity index (χ4n) is 3.80. The second-order valence-electron chi connectivity index (χ2n) is 6.84. The molecule has 0 aliphatic carbocycles. The van der Waals surface area contributed by atoms with Gasteiger partial charge in [-0.3, -0.25) is 4.79 Å². The smallest absolute Gasteiger partial charge is 0.266 e. The molecule has 0 saturated carbocycles. The predicted octanol–water partition coefficient (Wildman–Crippen LogP) is 1.17. The van der Waals surface area contributed by atoms with Gasteiger partial charge >= 0.3 is 0 Å². The van der Waals surface area contributed by atoms with E-state index in [-0.39, 0.29) is 5.56 Å². The van der Waals surface area contributed by atoms with Crippen LogP contribution in [-0.2, 0) is 7.05 Å². The zero-order chi connectivity index (χ0) is 17.6. The molecule has 2 unspecified atom stereocenters. The van der Waals surface area contributed by atoms with E-state index in [1.807, 2.05) is 19.2 Å². The minimum absolute atomic E-state index is 0.0713. The number of hydrogen-bond donors (Lipinski definition) is 0. The molecule has 2 aromatic rings. The fourth-order valence-corrected chi connectivity index (χ4v) is 4.22. The van der Waals surface area contributed by atoms with Gasteiger partial charge in [0.15, 0.2) is 5.16 Å². The average molecular weight is 358 g/mol. The minimum atomic E-state index is -0.0713. The van der Waals surface area contributed by atoms with Gasteiger partial charge in [-0.25, -0.2) is 14.6 Å². The molecule has 25 heavy (non-hydrogen) atoms. The molecule has 2 aromatic heterocycles. The van der Waals surface area contributed by atoms with Gasteiger partial charge in [0.2, 0.25) is 0 Å². The topological polar surface area (TPSA) is 67.2 Å². The molecule has 2 saturated heterocycles. The van der Waals surface area contributed by atoms with Gasteiger partial charge in [0.25, 0.3) is 5.56 Å². The number of aromatic nitrogens is 4. The number of thioether (sulfide) groups is 1. The van der Waals surface area contributed by atoms with Crippen LogP contribution in [0.25, 0.3) is 0 Å². The first-order valence-electron chi connectivity index (χ1n) is 8.47. The zero-order valence-electron chi connectivity index (χ0n) is 14.7. The lowest BCUT2D eigenvalue weighted by atomic mass is 10.0. The number of rotatable bonds is 3. The Morgan fingerprint density at radius 1 is 1.04 bits per heavy atom. The standard InChI is InChI=1S/C17H22N6OS/c1-11-6-15(19-17(18-11)25-3)23-9-12-7-22(8-13(12)10-23)14-4-5-16(24)21(2)20-14/h4-6,12-13H,7-10H2,1-3H3. The third kappa shape index (κ3) is 3.10. The Bertz CT molecular complexity index is 839. The van der Waals surface area contributed by atoms with Gasteiger partial charge in [-0.1, -0.05) is 11.8 Å². The van der Waals surface area contributed by atoms with Crippen molar-refractivity contribution in [3.05, 3.63) is 34.2 Å². The Kier molecular flexibility index (Phi) is 4.15. The van der Waals surface area contributed by atoms with E-state index in [1.54, 1.807) is 24.9 Å². The predicted molar refractivity (Wildman–Crippen MR) is 99.4 cm³/mol. The summed E-state index contributed by atoms with van der Waals surface area (Å²) >= 11 is 1.58. The molecule has 2 fully saturated rings. The van der Waals surface area contributed by atoms with Crippen LogP contribution < -0.4 is 15.4 Å². The highest BCUT2D eigenvalue weighted by atomic mass is 32.2. The van der Waals surface area contributed by atoms with Crippen molar-refractivity contribution in [3.8, 4) is 0 Å². The second kappa shape index (κ2) is 6.33. The van der Waals surface area contributed by atoms with Crippen molar-refractivity contribution in [3.63, 3.8) is 0 Å². The number of fused-ring (bicyclic) bond motifs is 1. The third-order valence-electron chi connectivity index (χ3n) is 5.08. The maximum atomic E-state index is 11.5. The Hall–Kier alpha value is -2.09. The van der Waals surface area contributed by atoms with Crippen molar-refractivity contribution >= 4 is 23.4 Å². The highest BCUT2D eigenvalue weighted by Crippen LogP contribution is 2.35. The van der Waals surface area contributed by atoms with Crippen LogP contribution in [0.15, 0.2) is 28.2 Å². The quantitative estimate of drug-likeness (QED) is 0.603. The van der Waals surface area contributed by atoms with Crippen LogP contribution >= 0.6 is 11.8 Å². The molecule has 8 heteroatoms. The molecule has 2 atom stereocenters. The summed E-state index contributed by atoms with van der Waals surface area (Å²) in [5, 5.41) is 5.22. The Balaban J connectivity index is 1.48. The van der Waals surface area contributed by atoms with Crippen LogP contribution in [0.5, 0.6) is 0 Å². The molecule has 4 rings (SSSR count). The van der Waals surface area contributed by atoms with Crippen LogP contribution in [0.3, 0.4) is 0 Å². The summed E-state index contributed by atoms with van der Waals surface area (Å²) in [4.78, 5) is 25.3. The van der Waals surface area contributed by atoms with Gasteiger partial charge in [-0.05, 0) is 19.2 Å². The lowest BCUT2D eigenvalue weighted by Gasteiger charge is -2.23. The van der Waals surface area contributed by atoms with E-state index >= 15 is 0 Å². The normalized spacial score (nSPS) is 22.5. The number of hydrogen-bond acceptors (Lipinski definition) is 7. The van der Waals surface area contributed by atoms with E-state index in [0.29, 0.717) is 11.8 Å². The van der Waals surface area contributed by atoms with E-state index in [1.165, 1.54) is 4.68 Å². The number of nitrogens with zero attached hydrogens (tertiary/aromatic N) is 6. The van der Waals surface area contributed by atoms with Crippen molar-refractivity contribution in [1.29, 1.82) is 0 Å². The minimum Gasteiger partial charge on any atom is -0.356 e. The summed E-state index contributed by atoms with van der Waals surface area (Å²) in [6.07, 6.45) is 2.01. The fraction of sp³-hybridized carbons (Fsp3) is 0.529. The second-order valence-corrected chi connectivity index (χ2v) is 7.61. The molecule has 0 radical (unpaired) electrons. The Morgan fingerprint density at radius 3 is 2.28 bits per heavy atom. The Labute approximate surface area is 151 Å². The van der Waals surface area contributed by atoms with Crippen LogP contribution in [0, 0.1) is 18.8 Å². The van der Waals surface area contributed by atoms with Gasteiger partial charge < -0.3 is 9.80 Å². The summed E-state index contributed by atoms with van der Waals surface area (Å²) in [5.41, 5.74) is 0.945. The molecule has 0 amide bonds. The molecular formula is C17H22N6OS. The first-order chi connectivity index (χ1) is 12.0. The maximum absolute atomic E-state index is 11.5. The van der Waals surface area contributed by atoms with Gasteiger partial charge in [0.05, 0.1) is 0 Å². The highest BCUT2D eigenvalue weighted by molar-refractivity contribution is 7.98. The summed E-state index contributed by atoms with van der Waals surface area (Å²) < 4.78 is 1.41. The molecule has 0 N–H and O–H groups in total. The zero-order valence-corrected chi connectivity index (χ0v) is 15.5. The SMILES string of the molecule is CSc1nc(C)cc(N2CC3CN(c4ccc(=O)n(C)n4)CC3C2)n1. The number of aryl methyl sites for hydroxylation is 2. The summed E-state index contributed by atoms with van der Waals surface area (Å²) in [7, 11) is 1.70. The molecule has 7 nitrogen and oxygen atoms in total. The average Bonchev–Trinajstić information content (AvgIpc) is 3.15. The molecular weight excluding hydrogens is 336 g/mol. The largest absolute Gasteiger partial charge is 0.356 e. The van der Waals surface area contributed by atoms with Crippen molar-refractivity contribution in [2.75, 3.05) is 42.2 Å². The molecule has 2 aliphatic rings. The summed E-state index contributed by atoms with van der Waals surface area (Å²) in [5.74, 6) is 3.14. The van der Waals surface area contributed by atoms with E-state index < -0.39 is 0 Å². The van der Waals surface area contributed by atoms with Gasteiger partial charge in [-0.2, -0.15) is 5.10 Å². The third-order valence-corrected chi connectivity index (χ3v) is 5.63. The summed E-state index contributed by atoms with van der Waals surface area (Å²) in [6.45, 7) is 6.00. The van der Waals surface area contributed by atoms with Gasteiger partial charge in [-0.15, -0.1) is 0 Å². The van der Waals surface area contributed by atoms with E-state index in [0.717, 1.165) is 48.7 Å². The van der Waals surface area contributed by atoms with Crippen molar-refractivity contribution in [2.45, 2.75) is 12.1 Å². The monoisotopic (exact) mass is 358 g/mol. The molecule has 132 valence electrons. The number of anilines is 2. The maximum Gasteiger partial charge on any atom is 0.266 e. The van der Waals surface area contributed by atoms with Crippen LogP contribution in [0.4, 0.5) is 11.6 Å². The van der Waals surface area contributed by atoms with Crippen LogP contribution in [0.2, 0.25) is 0 Å². The lowest BCUT2D eigenvalue weighted by molar-refractivity contribution is 0.533. The highest BCUT2D eigenvalue weighted by Gasteiger charge is 2.41. The molecule has 0 aromatic carbocycles. The molecule has 2 aliphatic heterocycles. The summed E-state index contributed by atoms with van der Waals surface area (Å²) in [6, 6.07) is 5.50. The molecule has 0 spiro atoms. The van der Waals surface area contributed by atoms with Gasteiger partial charge in [0.1, 0.15) is 11.6 Å². The first kappa shape index (κ1) is 16.4. The van der Waals surface area contributed by atoms with Gasteiger partial charge in [0, 0.05) is 62.9 Å². The van der Waals surface area contributed by atoms with E-state index in [9.17, 15) is 4.79 Å².